The van der Waals surface area contributed by atoms with Gasteiger partial charge >= 0.3 is 0 Å². The van der Waals surface area contributed by atoms with Gasteiger partial charge in [0, 0.05) is 32.7 Å². The van der Waals surface area contributed by atoms with Crippen LogP contribution in [0.4, 0.5) is 5.69 Å². The van der Waals surface area contributed by atoms with Crippen molar-refractivity contribution in [3.63, 3.8) is 0 Å². The van der Waals surface area contributed by atoms with E-state index in [9.17, 15) is 8.42 Å². The number of likely N-dealkylation sites (N-methyl/N-ethyl adjacent to an activating group) is 1. The van der Waals surface area contributed by atoms with Gasteiger partial charge in [0.1, 0.15) is 0 Å². The zero-order valence-corrected chi connectivity index (χ0v) is 13.0. The third-order valence-electron chi connectivity index (χ3n) is 3.77. The molecule has 1 fully saturated rings. The Kier molecular flexibility index (Phi) is 4.67. The molecular formula is C14H23N3O2S. The number of hydrogen-bond donors (Lipinski definition) is 1. The number of benzene rings is 1. The molecule has 0 aromatic heterocycles. The molecule has 1 saturated heterocycles. The summed E-state index contributed by atoms with van der Waals surface area (Å²) in [7, 11) is -1.22. The zero-order chi connectivity index (χ0) is 14.8. The maximum Gasteiger partial charge on any atom is 0.181 e. The Morgan fingerprint density at radius 1 is 1.20 bits per heavy atom. The Morgan fingerprint density at radius 3 is 2.45 bits per heavy atom. The standard InChI is InChI=1S/C14H23N3O2S/c1-12-3-4-14(13(15)11-12)20(18,19)10-9-17-7-5-16(2)6-8-17/h3-4,11H,5-10,15H2,1-2H3. The van der Waals surface area contributed by atoms with Crippen LogP contribution < -0.4 is 5.73 Å². The highest BCUT2D eigenvalue weighted by Gasteiger charge is 2.20. The van der Waals surface area contributed by atoms with Crippen molar-refractivity contribution in [3.05, 3.63) is 23.8 Å². The molecule has 6 heteroatoms. The molecular weight excluding hydrogens is 274 g/mol. The summed E-state index contributed by atoms with van der Waals surface area (Å²) >= 11 is 0. The van der Waals surface area contributed by atoms with Crippen LogP contribution in [-0.2, 0) is 9.84 Å². The summed E-state index contributed by atoms with van der Waals surface area (Å²) in [6, 6.07) is 5.12. The van der Waals surface area contributed by atoms with Crippen LogP contribution >= 0.6 is 0 Å². The van der Waals surface area contributed by atoms with Gasteiger partial charge in [-0.2, -0.15) is 0 Å². The molecule has 0 radical (unpaired) electrons. The van der Waals surface area contributed by atoms with Crippen molar-refractivity contribution in [2.45, 2.75) is 11.8 Å². The zero-order valence-electron chi connectivity index (χ0n) is 12.2. The van der Waals surface area contributed by atoms with Crippen LogP contribution in [0.15, 0.2) is 23.1 Å². The van der Waals surface area contributed by atoms with Gasteiger partial charge < -0.3 is 10.6 Å². The first-order valence-corrected chi connectivity index (χ1v) is 8.53. The number of hydrogen-bond acceptors (Lipinski definition) is 5. The predicted octanol–water partition coefficient (Wildman–Crippen LogP) is 0.598. The Morgan fingerprint density at radius 2 is 1.85 bits per heavy atom. The SMILES string of the molecule is Cc1ccc(S(=O)(=O)CCN2CCN(C)CC2)c(N)c1. The third kappa shape index (κ3) is 3.71. The van der Waals surface area contributed by atoms with E-state index in [4.69, 9.17) is 5.73 Å². The molecule has 0 aliphatic carbocycles. The van der Waals surface area contributed by atoms with E-state index in [1.165, 1.54) is 0 Å². The number of nitrogens with zero attached hydrogens (tertiary/aromatic N) is 2. The summed E-state index contributed by atoms with van der Waals surface area (Å²) < 4.78 is 24.7. The topological polar surface area (TPSA) is 66.6 Å². The van der Waals surface area contributed by atoms with Gasteiger partial charge in [-0.05, 0) is 31.7 Å². The lowest BCUT2D eigenvalue weighted by atomic mass is 10.2. The molecule has 0 unspecified atom stereocenters. The summed E-state index contributed by atoms with van der Waals surface area (Å²) in [5, 5.41) is 0. The van der Waals surface area contributed by atoms with E-state index in [1.807, 2.05) is 6.92 Å². The first-order chi connectivity index (χ1) is 9.38. The van der Waals surface area contributed by atoms with Crippen molar-refractivity contribution in [1.29, 1.82) is 0 Å². The van der Waals surface area contributed by atoms with Crippen LogP contribution in [-0.4, -0.2) is 63.7 Å². The molecule has 1 aromatic carbocycles. The molecule has 2 N–H and O–H groups in total. The average Bonchev–Trinajstić information content (AvgIpc) is 2.37. The van der Waals surface area contributed by atoms with Gasteiger partial charge in [0.25, 0.3) is 0 Å². The van der Waals surface area contributed by atoms with E-state index in [-0.39, 0.29) is 10.6 Å². The summed E-state index contributed by atoms with van der Waals surface area (Å²) in [5.41, 5.74) is 7.16. The average molecular weight is 297 g/mol. The van der Waals surface area contributed by atoms with Gasteiger partial charge in [0.2, 0.25) is 0 Å². The van der Waals surface area contributed by atoms with Gasteiger partial charge in [-0.15, -0.1) is 0 Å². The van der Waals surface area contributed by atoms with Crippen LogP contribution in [0.25, 0.3) is 0 Å². The summed E-state index contributed by atoms with van der Waals surface area (Å²) in [5.74, 6) is 0.129. The Labute approximate surface area is 121 Å². The highest BCUT2D eigenvalue weighted by Crippen LogP contribution is 2.21. The van der Waals surface area contributed by atoms with Gasteiger partial charge in [0.05, 0.1) is 16.3 Å². The summed E-state index contributed by atoms with van der Waals surface area (Å²) in [4.78, 5) is 4.71. The highest BCUT2D eigenvalue weighted by atomic mass is 32.2. The van der Waals surface area contributed by atoms with Crippen molar-refractivity contribution in [3.8, 4) is 0 Å². The smallest absolute Gasteiger partial charge is 0.181 e. The lowest BCUT2D eigenvalue weighted by molar-refractivity contribution is 0.161. The molecule has 5 nitrogen and oxygen atoms in total. The third-order valence-corrected chi connectivity index (χ3v) is 5.53. The van der Waals surface area contributed by atoms with Gasteiger partial charge in [-0.25, -0.2) is 8.42 Å². The number of sulfone groups is 1. The quantitative estimate of drug-likeness (QED) is 0.824. The van der Waals surface area contributed by atoms with Gasteiger partial charge in [0.15, 0.2) is 9.84 Å². The van der Waals surface area contributed by atoms with Crippen molar-refractivity contribution in [1.82, 2.24) is 9.80 Å². The fraction of sp³-hybridized carbons (Fsp3) is 0.571. The second-order valence-electron chi connectivity index (χ2n) is 5.51. The van der Waals surface area contributed by atoms with E-state index in [0.29, 0.717) is 12.2 Å². The fourth-order valence-electron chi connectivity index (χ4n) is 2.38. The number of nitrogens with two attached hydrogens (primary N) is 1. The number of anilines is 1. The molecule has 112 valence electrons. The Bertz CT molecular complexity index is 564. The molecule has 0 atom stereocenters. The Hall–Kier alpha value is -1.11. The van der Waals surface area contributed by atoms with Crippen molar-refractivity contribution >= 4 is 15.5 Å². The molecule has 20 heavy (non-hydrogen) atoms. The normalized spacial score (nSPS) is 18.3. The lowest BCUT2D eigenvalue weighted by Crippen LogP contribution is -2.45. The van der Waals surface area contributed by atoms with E-state index in [0.717, 1.165) is 31.7 Å². The maximum atomic E-state index is 12.4. The van der Waals surface area contributed by atoms with Crippen LogP contribution in [0.2, 0.25) is 0 Å². The fourth-order valence-corrected chi connectivity index (χ4v) is 3.79. The molecule has 1 aromatic rings. The van der Waals surface area contributed by atoms with Gasteiger partial charge in [-0.1, -0.05) is 6.07 Å². The van der Waals surface area contributed by atoms with E-state index in [2.05, 4.69) is 16.8 Å². The minimum Gasteiger partial charge on any atom is -0.398 e. The first kappa shape index (κ1) is 15.3. The van der Waals surface area contributed by atoms with E-state index in [1.54, 1.807) is 18.2 Å². The summed E-state index contributed by atoms with van der Waals surface area (Å²) in [6.45, 7) is 6.31. The number of aryl methyl sites for hydroxylation is 1. The molecule has 2 rings (SSSR count). The summed E-state index contributed by atoms with van der Waals surface area (Å²) in [6.07, 6.45) is 0. The van der Waals surface area contributed by atoms with E-state index >= 15 is 0 Å². The van der Waals surface area contributed by atoms with E-state index < -0.39 is 9.84 Å². The number of nitrogen functional groups attached to an aromatic ring is 1. The van der Waals surface area contributed by atoms with Crippen molar-refractivity contribution < 1.29 is 8.42 Å². The minimum atomic E-state index is -3.30. The van der Waals surface area contributed by atoms with Crippen molar-refractivity contribution in [2.24, 2.45) is 0 Å². The molecule has 0 saturated carbocycles. The Balaban J connectivity index is 2.00. The maximum absolute atomic E-state index is 12.4. The van der Waals surface area contributed by atoms with Crippen molar-refractivity contribution in [2.75, 3.05) is 51.3 Å². The monoisotopic (exact) mass is 297 g/mol. The van der Waals surface area contributed by atoms with Crippen LogP contribution in [0, 0.1) is 6.92 Å². The van der Waals surface area contributed by atoms with Crippen LogP contribution in [0.3, 0.4) is 0 Å². The van der Waals surface area contributed by atoms with Crippen LogP contribution in [0.1, 0.15) is 5.56 Å². The number of rotatable bonds is 4. The second kappa shape index (κ2) is 6.11. The molecule has 0 bridgehead atoms. The van der Waals surface area contributed by atoms with Gasteiger partial charge in [-0.3, -0.25) is 4.90 Å². The largest absolute Gasteiger partial charge is 0.398 e. The second-order valence-corrected chi connectivity index (χ2v) is 7.58. The molecule has 1 heterocycles. The molecule has 0 spiro atoms. The molecule has 1 aliphatic heterocycles. The van der Waals surface area contributed by atoms with Crippen LogP contribution in [0.5, 0.6) is 0 Å². The highest BCUT2D eigenvalue weighted by molar-refractivity contribution is 7.91. The molecule has 1 aliphatic rings. The first-order valence-electron chi connectivity index (χ1n) is 6.88. The molecule has 0 amide bonds. The minimum absolute atomic E-state index is 0.129. The lowest BCUT2D eigenvalue weighted by Gasteiger charge is -2.32. The predicted molar refractivity (Wildman–Crippen MR) is 81.6 cm³/mol. The number of piperazine rings is 1.